The van der Waals surface area contributed by atoms with Crippen LogP contribution in [0.15, 0.2) is 48.6 Å². The molecule has 24 heteroatoms. The number of rotatable bonds is 16. The van der Waals surface area contributed by atoms with Gasteiger partial charge in [-0.05, 0) is 11.6 Å². The minimum Gasteiger partial charge on any atom is -0.747 e. The molecule has 1 aromatic carbocycles. The van der Waals surface area contributed by atoms with Crippen molar-refractivity contribution in [1.82, 2.24) is 29.9 Å². The first-order valence-corrected chi connectivity index (χ1v) is 17.6. The van der Waals surface area contributed by atoms with Crippen molar-refractivity contribution in [2.24, 2.45) is 5.92 Å². The minimum absolute atomic E-state index is 0. The molecule has 1 atom stereocenters. The zero-order valence-corrected chi connectivity index (χ0v) is 35.0. The second-order valence-corrected chi connectivity index (χ2v) is 14.5. The Morgan fingerprint density at radius 1 is 0.827 bits per heavy atom. The topological polar surface area (TPSA) is 281 Å². The van der Waals surface area contributed by atoms with Crippen LogP contribution in [0.3, 0.4) is 0 Å². The van der Waals surface area contributed by atoms with Gasteiger partial charge >= 0.3 is 71.1 Å². The van der Waals surface area contributed by atoms with Crippen molar-refractivity contribution >= 4 is 50.1 Å². The number of nitrogens with zero attached hydrogens (tertiary/aromatic N) is 8. The molecule has 0 radical (unpaired) electrons. The zero-order chi connectivity index (χ0) is 36.7. The fourth-order valence-electron chi connectivity index (χ4n) is 5.03. The zero-order valence-electron chi connectivity index (χ0n) is 29.4. The van der Waals surface area contributed by atoms with E-state index in [0.29, 0.717) is 5.56 Å². The largest absolute Gasteiger partial charge is 1.00 e. The molecule has 0 saturated carbocycles. The van der Waals surface area contributed by atoms with Crippen LogP contribution in [0, 0.1) is 5.92 Å². The van der Waals surface area contributed by atoms with Crippen molar-refractivity contribution in [1.29, 1.82) is 0 Å². The third kappa shape index (κ3) is 10.5. The summed E-state index contributed by atoms with van der Waals surface area (Å²) in [7, 11) is -6.38. The maximum atomic E-state index is 13.2. The Kier molecular flexibility index (Phi) is 16.6. The molecule has 0 aliphatic heterocycles. The predicted molar refractivity (Wildman–Crippen MR) is 178 cm³/mol. The number of aliphatic hydroxyl groups is 2. The monoisotopic (exact) mass is 782 g/mol. The molecule has 0 amide bonds. The van der Waals surface area contributed by atoms with Crippen LogP contribution in [-0.2, 0) is 20.2 Å². The molecule has 0 bridgehead atoms. The van der Waals surface area contributed by atoms with Crippen molar-refractivity contribution in [2.75, 3.05) is 75.1 Å². The number of nitrogens with one attached hydrogen (secondary N) is 2. The molecule has 52 heavy (non-hydrogen) atoms. The van der Waals surface area contributed by atoms with E-state index in [-0.39, 0.29) is 121 Å². The predicted octanol–water partition coefficient (Wildman–Crippen LogP) is -6.76. The first-order valence-electron chi connectivity index (χ1n) is 14.7. The van der Waals surface area contributed by atoms with E-state index < -0.39 is 42.3 Å². The molecule has 2 heterocycles. The van der Waals surface area contributed by atoms with Gasteiger partial charge in [-0.2, -0.15) is 29.9 Å². The van der Waals surface area contributed by atoms with Crippen molar-refractivity contribution in [2.45, 2.75) is 16.2 Å². The molecule has 20 nitrogen and oxygen atoms in total. The first-order chi connectivity index (χ1) is 23.6. The van der Waals surface area contributed by atoms with Gasteiger partial charge in [0, 0.05) is 39.5 Å². The van der Waals surface area contributed by atoms with E-state index in [4.69, 9.17) is 9.47 Å². The molecule has 272 valence electrons. The molecule has 0 spiro atoms. The number of ether oxygens (including phenoxy) is 2. The average Bonchev–Trinajstić information content (AvgIpc) is 3.07. The molecular weight excluding hydrogens is 746 g/mol. The summed E-state index contributed by atoms with van der Waals surface area (Å²) in [5, 5.41) is 24.5. The molecule has 3 aromatic rings. The molecule has 4 rings (SSSR count). The molecule has 0 saturated heterocycles. The maximum absolute atomic E-state index is 13.2. The van der Waals surface area contributed by atoms with Crippen LogP contribution in [0.1, 0.15) is 12.0 Å². The number of anilines is 4. The summed E-state index contributed by atoms with van der Waals surface area (Å²) < 4.78 is 85.8. The number of methoxy groups -OCH3 is 2. The van der Waals surface area contributed by atoms with Gasteiger partial charge in [0.2, 0.25) is 23.8 Å². The molecule has 1 unspecified atom stereocenters. The molecule has 1 aliphatic rings. The van der Waals surface area contributed by atoms with E-state index in [0.717, 1.165) is 12.2 Å². The quantitative estimate of drug-likeness (QED) is 0.0455. The van der Waals surface area contributed by atoms with Gasteiger partial charge in [0.1, 0.15) is 25.9 Å². The van der Waals surface area contributed by atoms with E-state index >= 15 is 0 Å². The summed E-state index contributed by atoms with van der Waals surface area (Å²) in [5.41, 5.74) is -1.69. The number of hydrogen-bond acceptors (Lipinski definition) is 20. The number of allylic oxidation sites excluding steroid dienone is 2. The van der Waals surface area contributed by atoms with Gasteiger partial charge in [-0.25, -0.2) is 16.8 Å². The summed E-state index contributed by atoms with van der Waals surface area (Å²) in [6.07, 6.45) is 3.62. The van der Waals surface area contributed by atoms with Gasteiger partial charge in [-0.1, -0.05) is 48.6 Å². The minimum atomic E-state index is -6.00. The summed E-state index contributed by atoms with van der Waals surface area (Å²) in [6, 6.07) is 7.90. The van der Waals surface area contributed by atoms with Gasteiger partial charge < -0.3 is 49.2 Å². The third-order valence-corrected chi connectivity index (χ3v) is 11.3. The summed E-state index contributed by atoms with van der Waals surface area (Å²) >= 11 is 0. The molecule has 1 aliphatic carbocycles. The van der Waals surface area contributed by atoms with E-state index in [1.54, 1.807) is 44.4 Å². The first kappa shape index (κ1) is 45.4. The van der Waals surface area contributed by atoms with Crippen LogP contribution in [-0.4, -0.2) is 130 Å². The van der Waals surface area contributed by atoms with E-state index in [2.05, 4.69) is 40.5 Å². The summed E-state index contributed by atoms with van der Waals surface area (Å²) in [5.74, 6) is -2.51. The van der Waals surface area contributed by atoms with Crippen molar-refractivity contribution in [3.05, 3.63) is 54.1 Å². The van der Waals surface area contributed by atoms with Crippen LogP contribution in [0.4, 0.5) is 23.8 Å². The Morgan fingerprint density at radius 2 is 1.29 bits per heavy atom. The second kappa shape index (κ2) is 19.0. The fraction of sp³-hybridized carbons (Fsp3) is 0.429. The average molecular weight is 783 g/mol. The van der Waals surface area contributed by atoms with Crippen LogP contribution in [0.25, 0.3) is 6.08 Å². The van der Waals surface area contributed by atoms with E-state index in [1.807, 2.05) is 0 Å². The maximum Gasteiger partial charge on any atom is 1.00 e. The SMILES string of the molecule is COc1nc(NC2(Nc3nc(OC)nc(N(C)CCO)n3)C=CC(C=Cc3ccccc3)C(S(=O)(=O)[O-])(S(=O)(=O)[O-])C2)nc(N(C)CCO)n1.[Na+].[Na+]. The van der Waals surface area contributed by atoms with Crippen LogP contribution in [0.5, 0.6) is 12.0 Å². The number of benzene rings is 1. The Balaban J connectivity index is 0.00000468. The fourth-order valence-corrected chi connectivity index (χ4v) is 7.82. The number of hydrogen-bond donors (Lipinski definition) is 4. The normalized spacial score (nSPS) is 16.3. The van der Waals surface area contributed by atoms with Crippen LogP contribution in [0.2, 0.25) is 0 Å². The van der Waals surface area contributed by atoms with Gasteiger partial charge in [-0.15, -0.1) is 0 Å². The van der Waals surface area contributed by atoms with E-state index in [9.17, 15) is 36.2 Å². The number of aromatic nitrogens is 6. The Hall–Kier alpha value is -2.74. The Bertz CT molecular complexity index is 1830. The smallest absolute Gasteiger partial charge is 0.747 e. The molecule has 0 fully saturated rings. The van der Waals surface area contributed by atoms with Crippen molar-refractivity contribution in [3.8, 4) is 12.0 Å². The van der Waals surface area contributed by atoms with Crippen LogP contribution < -0.4 is 89.0 Å². The van der Waals surface area contributed by atoms with Crippen LogP contribution >= 0.6 is 0 Å². The van der Waals surface area contributed by atoms with Crippen molar-refractivity contribution < 1.29 is 105 Å². The summed E-state index contributed by atoms with van der Waals surface area (Å²) in [6.45, 7) is -0.407. The molecule has 4 N–H and O–H groups in total. The van der Waals surface area contributed by atoms with Crippen molar-refractivity contribution in [3.63, 3.8) is 0 Å². The summed E-state index contributed by atoms with van der Waals surface area (Å²) in [4.78, 5) is 28.0. The van der Waals surface area contributed by atoms with Gasteiger partial charge in [0.25, 0.3) is 0 Å². The van der Waals surface area contributed by atoms with Gasteiger partial charge in [0.05, 0.1) is 27.4 Å². The Morgan fingerprint density at radius 3 is 1.69 bits per heavy atom. The van der Waals surface area contributed by atoms with Gasteiger partial charge in [-0.3, -0.25) is 0 Å². The molecule has 2 aromatic heterocycles. The Labute approximate surface area is 345 Å². The van der Waals surface area contributed by atoms with Gasteiger partial charge in [0.15, 0.2) is 4.08 Å². The number of aliphatic hydroxyl groups excluding tert-OH is 2. The standard InChI is InChI=1S/C28H38N10O10S2.2Na/c1-37(14-16-39)23-29-21(31-25(33-23)47-3)35-27(36-22-30-24(38(2)15-17-40)34-26(32-22)48-4)13-12-20(11-10-19-8-6-5-7-9-19)28(18-27,49(41,42)43)50(44,45)46;;/h5-13,20,39-40H,14-18H2,1-4H3,(H,41,42,43)(H,44,45,46)(H,29,31,33,35)(H,30,32,34,36);;/q;2*+1/p-2. The third-order valence-electron chi connectivity index (χ3n) is 7.56. The second-order valence-electron chi connectivity index (χ2n) is 11.0. The number of likely N-dealkylation sites (N-methyl/N-ethyl adjacent to an activating group) is 2. The molecular formula is C28H36N10Na2O10S2. The van der Waals surface area contributed by atoms with E-state index in [1.165, 1.54) is 36.2 Å².